The maximum atomic E-state index is 4.63. The second-order valence-corrected chi connectivity index (χ2v) is 6.53. The number of nitrogens with one attached hydrogen (secondary N) is 2. The fraction of sp³-hybridized carbons (Fsp3) is 0.786. The van der Waals surface area contributed by atoms with Gasteiger partial charge < -0.3 is 10.6 Å². The van der Waals surface area contributed by atoms with Crippen LogP contribution in [0.2, 0.25) is 0 Å². The van der Waals surface area contributed by atoms with Gasteiger partial charge in [-0.2, -0.15) is 5.10 Å². The van der Waals surface area contributed by atoms with Crippen LogP contribution >= 0.6 is 0 Å². The van der Waals surface area contributed by atoms with Gasteiger partial charge in [0.2, 0.25) is 0 Å². The highest BCUT2D eigenvalue weighted by Gasteiger charge is 2.40. The highest BCUT2D eigenvalue weighted by Crippen LogP contribution is 2.40. The molecule has 102 valence electrons. The van der Waals surface area contributed by atoms with Crippen LogP contribution in [-0.2, 0) is 13.5 Å². The number of aromatic nitrogens is 2. The first kappa shape index (κ1) is 13.2. The number of rotatable bonds is 2. The summed E-state index contributed by atoms with van der Waals surface area (Å²) in [7, 11) is 2.01. The lowest BCUT2D eigenvalue weighted by atomic mass is 9.75. The minimum Gasteiger partial charge on any atom is -0.380 e. The Labute approximate surface area is 110 Å². The van der Waals surface area contributed by atoms with Crippen molar-refractivity contribution >= 4 is 11.5 Å². The average molecular weight is 250 g/mol. The third-order valence-corrected chi connectivity index (χ3v) is 4.44. The van der Waals surface area contributed by atoms with Crippen molar-refractivity contribution in [1.29, 1.82) is 0 Å². The SMILES string of the molecule is CCCc1nn(C)c2c1NCC(C)(C)C(C)(C)N2. The second-order valence-electron chi connectivity index (χ2n) is 6.53. The van der Waals surface area contributed by atoms with Crippen molar-refractivity contribution in [3.8, 4) is 0 Å². The fourth-order valence-corrected chi connectivity index (χ4v) is 2.32. The lowest BCUT2D eigenvalue weighted by molar-refractivity contribution is 0.244. The molecule has 18 heavy (non-hydrogen) atoms. The number of hydrogen-bond acceptors (Lipinski definition) is 3. The molecule has 0 aliphatic carbocycles. The predicted molar refractivity (Wildman–Crippen MR) is 77.2 cm³/mol. The molecule has 0 saturated heterocycles. The molecule has 4 heteroatoms. The van der Waals surface area contributed by atoms with E-state index in [0.717, 1.165) is 25.2 Å². The van der Waals surface area contributed by atoms with Gasteiger partial charge in [-0.1, -0.05) is 27.2 Å². The van der Waals surface area contributed by atoms with Crippen LogP contribution in [0.4, 0.5) is 11.5 Å². The van der Waals surface area contributed by atoms with Crippen LogP contribution in [0.15, 0.2) is 0 Å². The standard InChI is InChI=1S/C14H26N4/c1-7-8-10-11-12(18(6)17-10)16-14(4,5)13(2,3)9-15-11/h15-16H,7-9H2,1-6H3. The summed E-state index contributed by atoms with van der Waals surface area (Å²) in [5.41, 5.74) is 2.58. The molecular formula is C14H26N4. The summed E-state index contributed by atoms with van der Waals surface area (Å²) in [5.74, 6) is 1.12. The fourth-order valence-electron chi connectivity index (χ4n) is 2.32. The molecule has 0 fully saturated rings. The van der Waals surface area contributed by atoms with Gasteiger partial charge in [0.25, 0.3) is 0 Å². The lowest BCUT2D eigenvalue weighted by Crippen LogP contribution is -2.48. The Morgan fingerprint density at radius 1 is 1.28 bits per heavy atom. The van der Waals surface area contributed by atoms with Crippen molar-refractivity contribution in [2.75, 3.05) is 17.2 Å². The van der Waals surface area contributed by atoms with Crippen molar-refractivity contribution in [3.63, 3.8) is 0 Å². The number of fused-ring (bicyclic) bond motifs is 1. The van der Waals surface area contributed by atoms with Gasteiger partial charge in [0.15, 0.2) is 0 Å². The van der Waals surface area contributed by atoms with Crippen LogP contribution in [0.3, 0.4) is 0 Å². The van der Waals surface area contributed by atoms with Crippen LogP contribution < -0.4 is 10.6 Å². The molecule has 1 aliphatic heterocycles. The summed E-state index contributed by atoms with van der Waals surface area (Å²) in [4.78, 5) is 0. The molecule has 2 rings (SSSR count). The number of hydrogen-bond donors (Lipinski definition) is 2. The first-order chi connectivity index (χ1) is 8.28. The molecule has 2 heterocycles. The van der Waals surface area contributed by atoms with E-state index < -0.39 is 0 Å². The summed E-state index contributed by atoms with van der Waals surface area (Å²) in [6.45, 7) is 12.3. The van der Waals surface area contributed by atoms with Gasteiger partial charge >= 0.3 is 0 Å². The van der Waals surface area contributed by atoms with Crippen molar-refractivity contribution in [2.24, 2.45) is 12.5 Å². The molecule has 0 saturated carbocycles. The smallest absolute Gasteiger partial charge is 0.148 e. The molecule has 1 aromatic rings. The Bertz CT molecular complexity index is 443. The average Bonchev–Trinajstić information content (AvgIpc) is 2.47. The van der Waals surface area contributed by atoms with Gasteiger partial charge in [0, 0.05) is 24.5 Å². The van der Waals surface area contributed by atoms with Crippen LogP contribution in [0.1, 0.15) is 46.7 Å². The van der Waals surface area contributed by atoms with E-state index in [9.17, 15) is 0 Å². The molecule has 0 bridgehead atoms. The van der Waals surface area contributed by atoms with Crippen molar-refractivity contribution < 1.29 is 0 Å². The quantitative estimate of drug-likeness (QED) is 0.848. The van der Waals surface area contributed by atoms with Gasteiger partial charge in [-0.15, -0.1) is 0 Å². The predicted octanol–water partition coefficient (Wildman–Crippen LogP) is 3.01. The highest BCUT2D eigenvalue weighted by atomic mass is 15.3. The molecular weight excluding hydrogens is 224 g/mol. The van der Waals surface area contributed by atoms with E-state index in [-0.39, 0.29) is 11.0 Å². The summed E-state index contributed by atoms with van der Waals surface area (Å²) in [5, 5.41) is 11.9. The van der Waals surface area contributed by atoms with Gasteiger partial charge in [-0.25, -0.2) is 0 Å². The van der Waals surface area contributed by atoms with Gasteiger partial charge in [-0.05, 0) is 20.3 Å². The molecule has 0 aromatic carbocycles. The maximum Gasteiger partial charge on any atom is 0.148 e. The summed E-state index contributed by atoms with van der Waals surface area (Å²) < 4.78 is 1.97. The zero-order chi connectivity index (χ0) is 13.6. The first-order valence-corrected chi connectivity index (χ1v) is 6.86. The van der Waals surface area contributed by atoms with Crippen LogP contribution in [0.5, 0.6) is 0 Å². The molecule has 0 amide bonds. The zero-order valence-corrected chi connectivity index (χ0v) is 12.5. The third-order valence-electron chi connectivity index (χ3n) is 4.44. The van der Waals surface area contributed by atoms with Crippen molar-refractivity contribution in [3.05, 3.63) is 5.69 Å². The van der Waals surface area contributed by atoms with E-state index in [4.69, 9.17) is 0 Å². The minimum atomic E-state index is 0.0303. The Morgan fingerprint density at radius 2 is 1.94 bits per heavy atom. The van der Waals surface area contributed by atoms with Gasteiger partial charge in [-0.3, -0.25) is 4.68 Å². The van der Waals surface area contributed by atoms with E-state index in [2.05, 4.69) is 50.4 Å². The number of aryl methyl sites for hydroxylation is 2. The Kier molecular flexibility index (Phi) is 3.07. The van der Waals surface area contributed by atoms with E-state index in [0.29, 0.717) is 0 Å². The van der Waals surface area contributed by atoms with Gasteiger partial charge in [0.05, 0.1) is 5.69 Å². The number of nitrogens with zero attached hydrogens (tertiary/aromatic N) is 2. The van der Waals surface area contributed by atoms with E-state index in [1.54, 1.807) is 0 Å². The second kappa shape index (κ2) is 4.18. The maximum absolute atomic E-state index is 4.63. The zero-order valence-electron chi connectivity index (χ0n) is 12.5. The molecule has 0 unspecified atom stereocenters. The monoisotopic (exact) mass is 250 g/mol. The van der Waals surface area contributed by atoms with Crippen molar-refractivity contribution in [2.45, 2.75) is 53.0 Å². The van der Waals surface area contributed by atoms with Crippen LogP contribution in [-0.4, -0.2) is 21.9 Å². The number of anilines is 2. The molecule has 0 radical (unpaired) electrons. The lowest BCUT2D eigenvalue weighted by Gasteiger charge is -2.40. The summed E-state index contributed by atoms with van der Waals surface area (Å²) >= 11 is 0. The molecule has 2 N–H and O–H groups in total. The highest BCUT2D eigenvalue weighted by molar-refractivity contribution is 5.70. The van der Waals surface area contributed by atoms with Crippen LogP contribution in [0.25, 0.3) is 0 Å². The Balaban J connectivity index is 2.44. The normalized spacial score (nSPS) is 20.6. The molecule has 1 aliphatic rings. The molecule has 1 aromatic heterocycles. The van der Waals surface area contributed by atoms with E-state index in [1.165, 1.54) is 11.4 Å². The largest absolute Gasteiger partial charge is 0.380 e. The summed E-state index contributed by atoms with van der Waals surface area (Å²) in [6, 6.07) is 0. The Morgan fingerprint density at radius 3 is 2.56 bits per heavy atom. The molecule has 4 nitrogen and oxygen atoms in total. The topological polar surface area (TPSA) is 41.9 Å². The molecule has 0 atom stereocenters. The van der Waals surface area contributed by atoms with E-state index in [1.807, 2.05) is 11.7 Å². The van der Waals surface area contributed by atoms with E-state index >= 15 is 0 Å². The third kappa shape index (κ3) is 1.98. The first-order valence-electron chi connectivity index (χ1n) is 6.86. The summed E-state index contributed by atoms with van der Waals surface area (Å²) in [6.07, 6.45) is 2.15. The van der Waals surface area contributed by atoms with Crippen molar-refractivity contribution in [1.82, 2.24) is 9.78 Å². The minimum absolute atomic E-state index is 0.0303. The Hall–Kier alpha value is -1.19. The van der Waals surface area contributed by atoms with Gasteiger partial charge in [0.1, 0.15) is 11.5 Å². The van der Waals surface area contributed by atoms with Crippen LogP contribution in [0, 0.1) is 5.41 Å². The molecule has 0 spiro atoms.